The first kappa shape index (κ1) is 16.3. The van der Waals surface area contributed by atoms with Gasteiger partial charge in [-0.3, -0.25) is 0 Å². The normalized spacial score (nSPS) is 11.7. The third-order valence-corrected chi connectivity index (χ3v) is 3.94. The summed E-state index contributed by atoms with van der Waals surface area (Å²) in [5.41, 5.74) is 1.15. The van der Waals surface area contributed by atoms with Crippen LogP contribution >= 0.6 is 27.5 Å². The minimum Gasteiger partial charge on any atom is -0.309 e. The van der Waals surface area contributed by atoms with Crippen molar-refractivity contribution in [1.82, 2.24) is 5.32 Å². The van der Waals surface area contributed by atoms with Gasteiger partial charge in [-0.25, -0.2) is 0 Å². The Morgan fingerprint density at radius 2 is 1.67 bits per heavy atom. The van der Waals surface area contributed by atoms with Crippen molar-refractivity contribution in [2.24, 2.45) is 0 Å². The quantitative estimate of drug-likeness (QED) is 0.750. The molecular weight excluding hydrogens is 367 g/mol. The van der Waals surface area contributed by atoms with E-state index >= 15 is 0 Å². The van der Waals surface area contributed by atoms with Crippen LogP contribution in [-0.4, -0.2) is 0 Å². The molecule has 0 spiro atoms. The van der Waals surface area contributed by atoms with Crippen LogP contribution in [0.1, 0.15) is 16.7 Å². The fourth-order valence-electron chi connectivity index (χ4n) is 1.83. The van der Waals surface area contributed by atoms with E-state index in [2.05, 4.69) is 21.2 Å². The largest absolute Gasteiger partial charge is 0.416 e. The van der Waals surface area contributed by atoms with Crippen LogP contribution in [0.15, 0.2) is 46.9 Å². The highest BCUT2D eigenvalue weighted by molar-refractivity contribution is 9.10. The lowest BCUT2D eigenvalue weighted by Gasteiger charge is -2.09. The second-order valence-electron chi connectivity index (χ2n) is 4.53. The van der Waals surface area contributed by atoms with Crippen molar-refractivity contribution in [1.29, 1.82) is 0 Å². The molecule has 0 aliphatic heterocycles. The molecule has 0 amide bonds. The van der Waals surface area contributed by atoms with Crippen LogP contribution in [0.4, 0.5) is 13.2 Å². The van der Waals surface area contributed by atoms with Gasteiger partial charge >= 0.3 is 6.18 Å². The molecule has 0 bridgehead atoms. The monoisotopic (exact) mass is 377 g/mol. The van der Waals surface area contributed by atoms with Gasteiger partial charge in [0.1, 0.15) is 0 Å². The average molecular weight is 379 g/mol. The Bertz CT molecular complexity index is 611. The van der Waals surface area contributed by atoms with Crippen molar-refractivity contribution in [3.63, 3.8) is 0 Å². The second kappa shape index (κ2) is 6.81. The zero-order valence-electron chi connectivity index (χ0n) is 10.8. The molecular formula is C15H12BrClF3N. The van der Waals surface area contributed by atoms with Crippen LogP contribution in [0.5, 0.6) is 0 Å². The van der Waals surface area contributed by atoms with Gasteiger partial charge in [0.05, 0.1) is 5.56 Å². The molecule has 0 unspecified atom stereocenters. The van der Waals surface area contributed by atoms with E-state index in [1.807, 2.05) is 12.1 Å². The number of hydrogen-bond donors (Lipinski definition) is 1. The Labute approximate surface area is 134 Å². The fourth-order valence-corrected chi connectivity index (χ4v) is 2.41. The van der Waals surface area contributed by atoms with Gasteiger partial charge in [0.15, 0.2) is 0 Å². The molecule has 21 heavy (non-hydrogen) atoms. The minimum absolute atomic E-state index is 0.483. The van der Waals surface area contributed by atoms with E-state index in [9.17, 15) is 13.2 Å². The van der Waals surface area contributed by atoms with Crippen LogP contribution in [0.3, 0.4) is 0 Å². The highest BCUT2D eigenvalue weighted by Gasteiger charge is 2.29. The van der Waals surface area contributed by atoms with Crippen LogP contribution in [0.25, 0.3) is 0 Å². The number of nitrogens with one attached hydrogen (secondary N) is 1. The molecule has 0 aliphatic carbocycles. The first-order valence-electron chi connectivity index (χ1n) is 6.17. The Kier molecular flexibility index (Phi) is 5.30. The van der Waals surface area contributed by atoms with Crippen molar-refractivity contribution in [2.45, 2.75) is 19.3 Å². The number of hydrogen-bond acceptors (Lipinski definition) is 1. The molecule has 0 atom stereocenters. The van der Waals surface area contributed by atoms with Crippen molar-refractivity contribution in [3.05, 3.63) is 68.7 Å². The summed E-state index contributed by atoms with van der Waals surface area (Å²) in [5.74, 6) is 0. The van der Waals surface area contributed by atoms with Gasteiger partial charge in [0, 0.05) is 22.6 Å². The fraction of sp³-hybridized carbons (Fsp3) is 0.200. The predicted octanol–water partition coefficient (Wildman–Crippen LogP) is 5.41. The Morgan fingerprint density at radius 3 is 2.29 bits per heavy atom. The maximum Gasteiger partial charge on any atom is 0.416 e. The molecule has 1 nitrogen and oxygen atoms in total. The summed E-state index contributed by atoms with van der Waals surface area (Å²) in [5, 5.41) is 3.82. The zero-order valence-corrected chi connectivity index (χ0v) is 13.2. The Morgan fingerprint density at radius 1 is 1.00 bits per heavy atom. The molecule has 0 aliphatic rings. The lowest BCUT2D eigenvalue weighted by molar-refractivity contribution is -0.137. The predicted molar refractivity (Wildman–Crippen MR) is 81.1 cm³/mol. The highest BCUT2D eigenvalue weighted by atomic mass is 79.9. The number of halogens is 5. The first-order chi connectivity index (χ1) is 9.86. The van der Waals surface area contributed by atoms with Gasteiger partial charge in [0.2, 0.25) is 0 Å². The third kappa shape index (κ3) is 4.73. The number of benzene rings is 2. The van der Waals surface area contributed by atoms with Gasteiger partial charge in [-0.05, 0) is 41.5 Å². The molecule has 0 radical (unpaired) electrons. The summed E-state index contributed by atoms with van der Waals surface area (Å²) in [6.45, 7) is 1.05. The molecule has 2 rings (SSSR count). The summed E-state index contributed by atoms with van der Waals surface area (Å²) in [6.07, 6.45) is -4.29. The molecule has 112 valence electrons. The number of rotatable bonds is 4. The van der Waals surface area contributed by atoms with E-state index in [0.29, 0.717) is 18.1 Å². The lowest BCUT2D eigenvalue weighted by Crippen LogP contribution is -2.13. The van der Waals surface area contributed by atoms with E-state index in [1.165, 1.54) is 12.1 Å². The van der Waals surface area contributed by atoms with Crippen LogP contribution < -0.4 is 5.32 Å². The second-order valence-corrected chi connectivity index (χ2v) is 5.82. The van der Waals surface area contributed by atoms with E-state index in [4.69, 9.17) is 11.6 Å². The maximum absolute atomic E-state index is 12.4. The van der Waals surface area contributed by atoms with E-state index < -0.39 is 11.7 Å². The molecule has 0 saturated heterocycles. The van der Waals surface area contributed by atoms with Crippen molar-refractivity contribution in [3.8, 4) is 0 Å². The number of alkyl halides is 3. The first-order valence-corrected chi connectivity index (χ1v) is 7.34. The van der Waals surface area contributed by atoms with Crippen LogP contribution in [0, 0.1) is 0 Å². The molecule has 0 saturated carbocycles. The third-order valence-electron chi connectivity index (χ3n) is 2.93. The highest BCUT2D eigenvalue weighted by Crippen LogP contribution is 2.29. The van der Waals surface area contributed by atoms with E-state index in [1.54, 1.807) is 6.07 Å². The topological polar surface area (TPSA) is 12.0 Å². The van der Waals surface area contributed by atoms with Crippen molar-refractivity contribution >= 4 is 27.5 Å². The van der Waals surface area contributed by atoms with Crippen molar-refractivity contribution < 1.29 is 13.2 Å². The minimum atomic E-state index is -4.29. The van der Waals surface area contributed by atoms with Crippen molar-refractivity contribution in [2.75, 3.05) is 0 Å². The molecule has 6 heteroatoms. The van der Waals surface area contributed by atoms with Gasteiger partial charge in [-0.15, -0.1) is 0 Å². The van der Waals surface area contributed by atoms with Crippen LogP contribution in [-0.2, 0) is 19.3 Å². The molecule has 2 aromatic rings. The lowest BCUT2D eigenvalue weighted by atomic mass is 10.1. The molecule has 1 N–H and O–H groups in total. The SMILES string of the molecule is FC(F)(F)c1ccc(CNCc2cc(Cl)ccc2Br)cc1. The summed E-state index contributed by atoms with van der Waals surface area (Å²) in [7, 11) is 0. The smallest absolute Gasteiger partial charge is 0.309 e. The Balaban J connectivity index is 1.93. The average Bonchev–Trinajstić information content (AvgIpc) is 2.42. The molecule has 0 aromatic heterocycles. The summed E-state index contributed by atoms with van der Waals surface area (Å²) in [4.78, 5) is 0. The molecule has 0 heterocycles. The van der Waals surface area contributed by atoms with Crippen LogP contribution in [0.2, 0.25) is 5.02 Å². The van der Waals surface area contributed by atoms with Gasteiger partial charge in [-0.1, -0.05) is 39.7 Å². The Hall–Kier alpha value is -1.04. The standard InChI is InChI=1S/C15H12BrClF3N/c16-14-6-5-13(17)7-11(14)9-21-8-10-1-3-12(4-2-10)15(18,19)20/h1-7,21H,8-9H2. The van der Waals surface area contributed by atoms with Gasteiger partial charge in [-0.2, -0.15) is 13.2 Å². The van der Waals surface area contributed by atoms with Gasteiger partial charge in [0.25, 0.3) is 0 Å². The summed E-state index contributed by atoms with van der Waals surface area (Å²) >= 11 is 9.34. The summed E-state index contributed by atoms with van der Waals surface area (Å²) in [6, 6.07) is 10.6. The van der Waals surface area contributed by atoms with E-state index in [0.717, 1.165) is 27.7 Å². The zero-order chi connectivity index (χ0) is 15.5. The maximum atomic E-state index is 12.4. The molecule has 0 fully saturated rings. The van der Waals surface area contributed by atoms with Gasteiger partial charge < -0.3 is 5.32 Å². The van der Waals surface area contributed by atoms with E-state index in [-0.39, 0.29) is 0 Å². The summed E-state index contributed by atoms with van der Waals surface area (Å²) < 4.78 is 38.3. The molecule has 2 aromatic carbocycles.